The molecule has 27 heavy (non-hydrogen) atoms. The maximum Gasteiger partial charge on any atom is 0.416 e. The van der Waals surface area contributed by atoms with Crippen LogP contribution in [0.3, 0.4) is 0 Å². The highest BCUT2D eigenvalue weighted by Gasteiger charge is 2.42. The molecule has 3 N–H and O–H groups in total. The van der Waals surface area contributed by atoms with Crippen molar-refractivity contribution in [3.63, 3.8) is 0 Å². The van der Waals surface area contributed by atoms with Crippen molar-refractivity contribution in [3.8, 4) is 0 Å². The summed E-state index contributed by atoms with van der Waals surface area (Å²) in [5, 5.41) is 2.83. The molecular weight excluding hydrogens is 365 g/mol. The van der Waals surface area contributed by atoms with Crippen LogP contribution in [-0.4, -0.2) is 25.8 Å². The average molecular weight is 384 g/mol. The molecule has 1 aliphatic rings. The zero-order chi connectivity index (χ0) is 20.4. The van der Waals surface area contributed by atoms with Crippen molar-refractivity contribution < 1.29 is 32.2 Å². The van der Waals surface area contributed by atoms with Gasteiger partial charge in [-0.2, -0.15) is 13.2 Å². The Bertz CT molecular complexity index is 828. The maximum absolute atomic E-state index is 13.6. The van der Waals surface area contributed by atoms with Crippen molar-refractivity contribution >= 4 is 11.9 Å². The van der Waals surface area contributed by atoms with Gasteiger partial charge in [-0.05, 0) is 25.5 Å². The van der Waals surface area contributed by atoms with E-state index in [9.17, 15) is 22.8 Å². The van der Waals surface area contributed by atoms with Crippen LogP contribution >= 0.6 is 0 Å². The lowest BCUT2D eigenvalue weighted by Gasteiger charge is -2.31. The Kier molecular flexibility index (Phi) is 5.94. The molecule has 0 aromatic heterocycles. The van der Waals surface area contributed by atoms with Crippen LogP contribution in [0.5, 0.6) is 0 Å². The molecule has 1 aliphatic heterocycles. The number of methoxy groups -OCH3 is 1. The summed E-state index contributed by atoms with van der Waals surface area (Å²) in [4.78, 5) is 24.8. The van der Waals surface area contributed by atoms with E-state index in [1.807, 2.05) is 0 Å². The Morgan fingerprint density at radius 1 is 1.11 bits per heavy atom. The van der Waals surface area contributed by atoms with Gasteiger partial charge < -0.3 is 14.8 Å². The van der Waals surface area contributed by atoms with Crippen molar-refractivity contribution in [2.24, 2.45) is 5.73 Å². The number of benzene rings is 1. The Labute approximate surface area is 153 Å². The van der Waals surface area contributed by atoms with Gasteiger partial charge in [0.1, 0.15) is 6.73 Å². The van der Waals surface area contributed by atoms with Crippen molar-refractivity contribution in [2.45, 2.75) is 25.9 Å². The molecule has 1 aromatic rings. The molecule has 0 spiro atoms. The summed E-state index contributed by atoms with van der Waals surface area (Å²) in [6.45, 7) is 2.57. The summed E-state index contributed by atoms with van der Waals surface area (Å²) in [5.74, 6) is -3.10. The molecule has 1 heterocycles. The number of allylic oxidation sites excluding steroid dienone is 2. The van der Waals surface area contributed by atoms with E-state index in [1.54, 1.807) is 0 Å². The molecule has 146 valence electrons. The largest absolute Gasteiger partial charge is 0.466 e. The number of rotatable bonds is 4. The van der Waals surface area contributed by atoms with Gasteiger partial charge in [0.05, 0.1) is 29.7 Å². The van der Waals surface area contributed by atoms with Gasteiger partial charge in [-0.3, -0.25) is 5.73 Å². The number of ether oxygens (including phenoxy) is 2. The first kappa shape index (κ1) is 20.5. The van der Waals surface area contributed by atoms with Crippen LogP contribution in [0.2, 0.25) is 0 Å². The summed E-state index contributed by atoms with van der Waals surface area (Å²) in [5.41, 5.74) is 4.33. The summed E-state index contributed by atoms with van der Waals surface area (Å²) in [6, 6.07) is 4.75. The fourth-order valence-corrected chi connectivity index (χ4v) is 3.12. The minimum absolute atomic E-state index is 0.108. The number of hydrogen-bond acceptors (Lipinski definition) is 6. The summed E-state index contributed by atoms with van der Waals surface area (Å²) < 4.78 is 50.3. The second-order valence-electron chi connectivity index (χ2n) is 5.81. The predicted molar refractivity (Wildman–Crippen MR) is 89.9 cm³/mol. The molecule has 9 heteroatoms. The third kappa shape index (κ3) is 3.97. The number of esters is 2. The monoisotopic (exact) mass is 384 g/mol. The molecule has 1 atom stereocenters. The normalized spacial score (nSPS) is 17.5. The van der Waals surface area contributed by atoms with E-state index in [0.29, 0.717) is 0 Å². The zero-order valence-corrected chi connectivity index (χ0v) is 14.9. The van der Waals surface area contributed by atoms with E-state index in [-0.39, 0.29) is 28.1 Å². The number of halogens is 3. The van der Waals surface area contributed by atoms with E-state index >= 15 is 0 Å². The van der Waals surface area contributed by atoms with Gasteiger partial charge in [0, 0.05) is 11.4 Å². The molecule has 1 unspecified atom stereocenters. The van der Waals surface area contributed by atoms with Crippen LogP contribution in [0.15, 0.2) is 46.8 Å². The van der Waals surface area contributed by atoms with Crippen LogP contribution in [0.25, 0.3) is 0 Å². The van der Waals surface area contributed by atoms with Crippen LogP contribution in [0.1, 0.15) is 30.9 Å². The molecule has 6 nitrogen and oxygen atoms in total. The van der Waals surface area contributed by atoms with E-state index in [0.717, 1.165) is 13.2 Å². The SMILES string of the molecule is COC(=O)C1=C(C)NC(C)=C(C(=O)OCN)C1c1ccccc1C(F)(F)F. The number of hydrogen-bond donors (Lipinski definition) is 2. The molecule has 2 rings (SSSR count). The lowest BCUT2D eigenvalue weighted by molar-refractivity contribution is -0.141. The third-order valence-electron chi connectivity index (χ3n) is 4.18. The first-order chi connectivity index (χ1) is 12.6. The molecule has 0 fully saturated rings. The molecular formula is C18H19F3N2O4. The van der Waals surface area contributed by atoms with Crippen LogP contribution in [-0.2, 0) is 25.2 Å². The first-order valence-corrected chi connectivity index (χ1v) is 7.93. The standard InChI is InChI=1S/C18H19F3N2O4/c1-9-13(16(24)26-3)15(14(10(2)23-9)17(25)27-8-22)11-6-4-5-7-12(11)18(19,20)21/h4-7,15,23H,8,22H2,1-3H3. The van der Waals surface area contributed by atoms with Gasteiger partial charge in [0.25, 0.3) is 0 Å². The Morgan fingerprint density at radius 3 is 2.19 bits per heavy atom. The number of dihydropyridines is 1. The highest BCUT2D eigenvalue weighted by atomic mass is 19.4. The topological polar surface area (TPSA) is 90.6 Å². The number of nitrogens with one attached hydrogen (secondary N) is 1. The lowest BCUT2D eigenvalue weighted by Crippen LogP contribution is -2.33. The first-order valence-electron chi connectivity index (χ1n) is 7.93. The summed E-state index contributed by atoms with van der Waals surface area (Å²) >= 11 is 0. The minimum atomic E-state index is -4.69. The second kappa shape index (κ2) is 7.83. The molecule has 0 bridgehead atoms. The fraction of sp³-hybridized carbons (Fsp3) is 0.333. The van der Waals surface area contributed by atoms with Crippen molar-refractivity contribution in [2.75, 3.05) is 13.8 Å². The van der Waals surface area contributed by atoms with Crippen molar-refractivity contribution in [3.05, 3.63) is 57.9 Å². The van der Waals surface area contributed by atoms with Gasteiger partial charge in [0.15, 0.2) is 0 Å². The smallest absolute Gasteiger partial charge is 0.416 e. The van der Waals surface area contributed by atoms with Gasteiger partial charge >= 0.3 is 18.1 Å². The zero-order valence-electron chi connectivity index (χ0n) is 14.9. The lowest BCUT2D eigenvalue weighted by atomic mass is 9.78. The number of alkyl halides is 3. The number of nitrogens with two attached hydrogens (primary N) is 1. The summed E-state index contributed by atoms with van der Waals surface area (Å²) in [6.07, 6.45) is -4.69. The van der Waals surface area contributed by atoms with Gasteiger partial charge in [-0.15, -0.1) is 0 Å². The molecule has 1 aromatic carbocycles. The molecule has 0 radical (unpaired) electrons. The van der Waals surface area contributed by atoms with Crippen molar-refractivity contribution in [1.82, 2.24) is 5.32 Å². The van der Waals surface area contributed by atoms with E-state index in [1.165, 1.54) is 32.0 Å². The van der Waals surface area contributed by atoms with E-state index in [2.05, 4.69) is 5.32 Å². The predicted octanol–water partition coefficient (Wildman–Crippen LogP) is 2.57. The van der Waals surface area contributed by atoms with Crippen LogP contribution in [0, 0.1) is 0 Å². The number of carbonyl (C=O) groups is 2. The molecule has 0 amide bonds. The maximum atomic E-state index is 13.6. The highest BCUT2D eigenvalue weighted by Crippen LogP contribution is 2.44. The van der Waals surface area contributed by atoms with Crippen LogP contribution < -0.4 is 11.1 Å². The quantitative estimate of drug-likeness (QED) is 0.613. The van der Waals surface area contributed by atoms with Gasteiger partial charge in [-0.25, -0.2) is 9.59 Å². The molecule has 0 aliphatic carbocycles. The highest BCUT2D eigenvalue weighted by molar-refractivity contribution is 6.00. The molecule has 0 saturated heterocycles. The summed E-state index contributed by atoms with van der Waals surface area (Å²) in [7, 11) is 1.11. The third-order valence-corrected chi connectivity index (χ3v) is 4.18. The van der Waals surface area contributed by atoms with Gasteiger partial charge in [-0.1, -0.05) is 18.2 Å². The Morgan fingerprint density at radius 2 is 1.67 bits per heavy atom. The minimum Gasteiger partial charge on any atom is -0.466 e. The second-order valence-corrected chi connectivity index (χ2v) is 5.81. The Hall–Kier alpha value is -2.81. The van der Waals surface area contributed by atoms with E-state index in [4.69, 9.17) is 15.2 Å². The number of carbonyl (C=O) groups excluding carboxylic acids is 2. The Balaban J connectivity index is 2.80. The van der Waals surface area contributed by atoms with Gasteiger partial charge in [0.2, 0.25) is 0 Å². The average Bonchev–Trinajstić information content (AvgIpc) is 2.59. The fourth-order valence-electron chi connectivity index (χ4n) is 3.12. The van der Waals surface area contributed by atoms with Crippen LogP contribution in [0.4, 0.5) is 13.2 Å². The van der Waals surface area contributed by atoms with E-state index < -0.39 is 36.3 Å². The molecule has 0 saturated carbocycles. The van der Waals surface area contributed by atoms with Crippen molar-refractivity contribution in [1.29, 1.82) is 0 Å².